The van der Waals surface area contributed by atoms with Crippen LogP contribution in [-0.2, 0) is 9.53 Å². The number of hydrogen-bond donors (Lipinski definition) is 1. The van der Waals surface area contributed by atoms with Gasteiger partial charge in [-0.25, -0.2) is 0 Å². The number of hydrogen-bond acceptors (Lipinski definition) is 4. The largest absolute Gasteiger partial charge is 0.468 e. The van der Waals surface area contributed by atoms with Gasteiger partial charge in [0.1, 0.15) is 5.54 Å². The van der Waals surface area contributed by atoms with Gasteiger partial charge in [0.25, 0.3) is 0 Å². The Bertz CT molecular complexity index is 243. The van der Waals surface area contributed by atoms with E-state index in [1.54, 1.807) is 0 Å². The molecule has 0 spiro atoms. The maximum Gasteiger partial charge on any atom is 0.327 e. The van der Waals surface area contributed by atoms with E-state index in [9.17, 15) is 4.79 Å². The van der Waals surface area contributed by atoms with Crippen molar-refractivity contribution < 1.29 is 9.53 Å². The summed E-state index contributed by atoms with van der Waals surface area (Å²) in [5.74, 6) is 0.395. The van der Waals surface area contributed by atoms with Gasteiger partial charge in [0.15, 0.2) is 0 Å². The highest BCUT2D eigenvalue weighted by atomic mass is 16.5. The molecule has 2 unspecified atom stereocenters. The Kier molecular flexibility index (Phi) is 4.33. The molecule has 0 aromatic heterocycles. The third-order valence-electron chi connectivity index (χ3n) is 3.34. The highest BCUT2D eigenvalue weighted by molar-refractivity contribution is 5.81. The lowest BCUT2D eigenvalue weighted by molar-refractivity contribution is -0.148. The van der Waals surface area contributed by atoms with E-state index in [4.69, 9.17) is 4.74 Å². The zero-order valence-corrected chi connectivity index (χ0v) is 11.0. The summed E-state index contributed by atoms with van der Waals surface area (Å²) in [7, 11) is 3.51. The van der Waals surface area contributed by atoms with Crippen molar-refractivity contribution >= 4 is 5.97 Å². The number of likely N-dealkylation sites (tertiary alicyclic amines) is 1. The van der Waals surface area contributed by atoms with Crippen molar-refractivity contribution in [2.75, 3.05) is 27.2 Å². The second kappa shape index (κ2) is 5.15. The lowest BCUT2D eigenvalue weighted by Gasteiger charge is -2.28. The molecule has 1 aliphatic heterocycles. The van der Waals surface area contributed by atoms with Crippen LogP contribution in [0.4, 0.5) is 0 Å². The van der Waals surface area contributed by atoms with Crippen molar-refractivity contribution in [1.82, 2.24) is 10.2 Å². The maximum atomic E-state index is 11.9. The Hall–Kier alpha value is -0.610. The number of methoxy groups -OCH3 is 1. The molecule has 0 saturated carbocycles. The number of carbonyl (C=O) groups is 1. The summed E-state index contributed by atoms with van der Waals surface area (Å²) in [4.78, 5) is 14.1. The second-order valence-electron chi connectivity index (χ2n) is 5.32. The van der Waals surface area contributed by atoms with Gasteiger partial charge in [-0.1, -0.05) is 13.8 Å². The highest BCUT2D eigenvalue weighted by Crippen LogP contribution is 2.27. The Balaban J connectivity index is 2.74. The molecule has 1 fully saturated rings. The average molecular weight is 228 g/mol. The van der Waals surface area contributed by atoms with Gasteiger partial charge < -0.3 is 15.0 Å². The number of esters is 1. The number of carbonyl (C=O) groups excluding carboxylic acids is 1. The molecule has 0 amide bonds. The van der Waals surface area contributed by atoms with Crippen molar-refractivity contribution in [3.8, 4) is 0 Å². The molecule has 0 aromatic carbocycles. The van der Waals surface area contributed by atoms with Crippen LogP contribution in [0.25, 0.3) is 0 Å². The smallest absolute Gasteiger partial charge is 0.327 e. The minimum atomic E-state index is -0.507. The molecule has 2 atom stereocenters. The van der Waals surface area contributed by atoms with Gasteiger partial charge in [-0.2, -0.15) is 0 Å². The molecular weight excluding hydrogens is 204 g/mol. The summed E-state index contributed by atoms with van der Waals surface area (Å²) in [5.41, 5.74) is -0.507. The van der Waals surface area contributed by atoms with E-state index in [-0.39, 0.29) is 5.97 Å². The first-order valence-corrected chi connectivity index (χ1v) is 5.95. The quantitative estimate of drug-likeness (QED) is 0.725. The van der Waals surface area contributed by atoms with Crippen molar-refractivity contribution in [2.24, 2.45) is 5.92 Å². The van der Waals surface area contributed by atoms with Crippen LogP contribution >= 0.6 is 0 Å². The van der Waals surface area contributed by atoms with Gasteiger partial charge >= 0.3 is 5.97 Å². The van der Waals surface area contributed by atoms with Gasteiger partial charge in [-0.15, -0.1) is 0 Å². The number of rotatable bonds is 4. The number of likely N-dealkylation sites (N-methyl/N-ethyl adjacent to an activating group) is 1. The Morgan fingerprint density at radius 2 is 2.25 bits per heavy atom. The molecule has 0 aliphatic carbocycles. The molecule has 0 aromatic rings. The molecule has 4 nitrogen and oxygen atoms in total. The molecule has 16 heavy (non-hydrogen) atoms. The molecular formula is C12H24N2O2. The van der Waals surface area contributed by atoms with Gasteiger partial charge in [0.05, 0.1) is 7.11 Å². The lowest BCUT2D eigenvalue weighted by Crippen LogP contribution is -2.55. The predicted octanol–water partition coefficient (Wildman–Crippen LogP) is 0.868. The second-order valence-corrected chi connectivity index (χ2v) is 5.32. The summed E-state index contributed by atoms with van der Waals surface area (Å²) >= 11 is 0. The van der Waals surface area contributed by atoms with Crippen LogP contribution in [0.2, 0.25) is 0 Å². The van der Waals surface area contributed by atoms with E-state index < -0.39 is 5.54 Å². The molecule has 1 heterocycles. The average Bonchev–Trinajstić information content (AvgIpc) is 2.52. The summed E-state index contributed by atoms with van der Waals surface area (Å²) < 4.78 is 4.94. The van der Waals surface area contributed by atoms with Crippen molar-refractivity contribution in [3.05, 3.63) is 0 Å². The van der Waals surface area contributed by atoms with Crippen LogP contribution in [0, 0.1) is 5.92 Å². The molecule has 1 aliphatic rings. The standard InChI is InChI=1S/C12H24N2O2/c1-9(2)7-13-12(11(15)16-5)6-10(3)14(4)8-12/h9-10,13H,6-8H2,1-5H3. The molecule has 1 rings (SSSR count). The fourth-order valence-corrected chi connectivity index (χ4v) is 2.25. The highest BCUT2D eigenvalue weighted by Gasteiger charge is 2.47. The van der Waals surface area contributed by atoms with Gasteiger partial charge in [-0.05, 0) is 32.9 Å². The lowest BCUT2D eigenvalue weighted by atomic mass is 9.95. The maximum absolute atomic E-state index is 11.9. The van der Waals surface area contributed by atoms with Crippen LogP contribution in [0.1, 0.15) is 27.2 Å². The van der Waals surface area contributed by atoms with E-state index in [1.165, 1.54) is 7.11 Å². The van der Waals surface area contributed by atoms with Gasteiger partial charge in [0.2, 0.25) is 0 Å². The minimum Gasteiger partial charge on any atom is -0.468 e. The van der Waals surface area contributed by atoms with E-state index in [0.717, 1.165) is 19.5 Å². The molecule has 0 bridgehead atoms. The van der Waals surface area contributed by atoms with E-state index in [1.807, 2.05) is 7.05 Å². The number of nitrogens with one attached hydrogen (secondary N) is 1. The third kappa shape index (κ3) is 2.74. The summed E-state index contributed by atoms with van der Waals surface area (Å²) in [6.45, 7) is 7.99. The summed E-state index contributed by atoms with van der Waals surface area (Å²) in [5, 5.41) is 3.39. The topological polar surface area (TPSA) is 41.6 Å². The Morgan fingerprint density at radius 3 is 2.62 bits per heavy atom. The molecule has 94 valence electrons. The number of ether oxygens (including phenoxy) is 1. The molecule has 4 heteroatoms. The van der Waals surface area contributed by atoms with Crippen LogP contribution < -0.4 is 5.32 Å². The first-order chi connectivity index (χ1) is 7.41. The summed E-state index contributed by atoms with van der Waals surface area (Å²) in [6.07, 6.45) is 0.822. The Morgan fingerprint density at radius 1 is 1.62 bits per heavy atom. The van der Waals surface area contributed by atoms with Crippen molar-refractivity contribution in [3.63, 3.8) is 0 Å². The fraction of sp³-hybridized carbons (Fsp3) is 0.917. The SMILES string of the molecule is COC(=O)C1(NCC(C)C)CC(C)N(C)C1. The van der Waals surface area contributed by atoms with Crippen LogP contribution in [0.5, 0.6) is 0 Å². The molecule has 0 radical (unpaired) electrons. The van der Waals surface area contributed by atoms with Crippen LogP contribution in [-0.4, -0.2) is 49.7 Å². The predicted molar refractivity (Wildman–Crippen MR) is 64.3 cm³/mol. The van der Waals surface area contributed by atoms with Crippen LogP contribution in [0.3, 0.4) is 0 Å². The van der Waals surface area contributed by atoms with Crippen molar-refractivity contribution in [2.45, 2.75) is 38.8 Å². The van der Waals surface area contributed by atoms with E-state index in [0.29, 0.717) is 12.0 Å². The zero-order chi connectivity index (χ0) is 12.3. The first-order valence-electron chi connectivity index (χ1n) is 5.95. The fourth-order valence-electron chi connectivity index (χ4n) is 2.25. The Labute approximate surface area is 98.3 Å². The molecule has 1 N–H and O–H groups in total. The van der Waals surface area contributed by atoms with Crippen LogP contribution in [0.15, 0.2) is 0 Å². The van der Waals surface area contributed by atoms with E-state index in [2.05, 4.69) is 31.0 Å². The monoisotopic (exact) mass is 228 g/mol. The van der Waals surface area contributed by atoms with E-state index >= 15 is 0 Å². The minimum absolute atomic E-state index is 0.135. The van der Waals surface area contributed by atoms with Gasteiger partial charge in [-0.3, -0.25) is 4.79 Å². The molecule has 1 saturated heterocycles. The number of nitrogens with zero attached hydrogens (tertiary/aromatic N) is 1. The van der Waals surface area contributed by atoms with Gasteiger partial charge in [0, 0.05) is 12.6 Å². The first kappa shape index (κ1) is 13.5. The van der Waals surface area contributed by atoms with Crippen molar-refractivity contribution in [1.29, 1.82) is 0 Å². The third-order valence-corrected chi connectivity index (χ3v) is 3.34. The normalized spacial score (nSPS) is 31.0. The zero-order valence-electron chi connectivity index (χ0n) is 11.0. The summed E-state index contributed by atoms with van der Waals surface area (Å²) in [6, 6.07) is 0.416.